The van der Waals surface area contributed by atoms with Gasteiger partial charge < -0.3 is 10.6 Å². The van der Waals surface area contributed by atoms with Gasteiger partial charge in [-0.25, -0.2) is 4.39 Å². The molecule has 6 heteroatoms. The summed E-state index contributed by atoms with van der Waals surface area (Å²) in [4.78, 5) is 25.9. The second-order valence-electron chi connectivity index (χ2n) is 6.55. The molecule has 26 heavy (non-hydrogen) atoms. The zero-order chi connectivity index (χ0) is 19.3. The second-order valence-corrected chi connectivity index (χ2v) is 6.55. The highest BCUT2D eigenvalue weighted by atomic mass is 19.1. The zero-order valence-corrected chi connectivity index (χ0v) is 15.5. The molecule has 0 atom stereocenters. The van der Waals surface area contributed by atoms with E-state index in [1.807, 2.05) is 32.9 Å². The molecule has 2 aromatic carbocycles. The van der Waals surface area contributed by atoms with Crippen LogP contribution in [-0.4, -0.2) is 36.9 Å². The summed E-state index contributed by atoms with van der Waals surface area (Å²) < 4.78 is 12.9. The SMILES string of the molecule is Cc1cc(C)c(NC(=O)CN(C)CC(=O)Nc2ccc(F)cc2)c(C)c1. The van der Waals surface area contributed by atoms with Gasteiger partial charge in [0.25, 0.3) is 0 Å². The van der Waals surface area contributed by atoms with Crippen molar-refractivity contribution in [3.8, 4) is 0 Å². The smallest absolute Gasteiger partial charge is 0.238 e. The number of anilines is 2. The molecule has 0 spiro atoms. The van der Waals surface area contributed by atoms with Gasteiger partial charge in [0.15, 0.2) is 0 Å². The Morgan fingerprint density at radius 1 is 0.923 bits per heavy atom. The number of hydrogen-bond donors (Lipinski definition) is 2. The van der Waals surface area contributed by atoms with E-state index >= 15 is 0 Å². The highest BCUT2D eigenvalue weighted by Crippen LogP contribution is 2.21. The Morgan fingerprint density at radius 2 is 1.42 bits per heavy atom. The first-order chi connectivity index (χ1) is 12.2. The lowest BCUT2D eigenvalue weighted by Gasteiger charge is -2.18. The van der Waals surface area contributed by atoms with Gasteiger partial charge in [-0.1, -0.05) is 17.7 Å². The van der Waals surface area contributed by atoms with E-state index in [9.17, 15) is 14.0 Å². The Bertz CT molecular complexity index is 780. The summed E-state index contributed by atoms with van der Waals surface area (Å²) in [6, 6.07) is 9.56. The third-order valence-corrected chi connectivity index (χ3v) is 3.90. The number of carbonyl (C=O) groups is 2. The van der Waals surface area contributed by atoms with Crippen LogP contribution in [-0.2, 0) is 9.59 Å². The summed E-state index contributed by atoms with van der Waals surface area (Å²) in [5.74, 6) is -0.815. The molecular formula is C20H24FN3O2. The second kappa shape index (κ2) is 8.58. The van der Waals surface area contributed by atoms with Crippen LogP contribution < -0.4 is 10.6 Å². The molecule has 2 aromatic rings. The van der Waals surface area contributed by atoms with Gasteiger partial charge in [0.05, 0.1) is 13.1 Å². The molecule has 2 amide bonds. The minimum absolute atomic E-state index is 0.0522. The number of likely N-dealkylation sites (N-methyl/N-ethyl adjacent to an activating group) is 1. The van der Waals surface area contributed by atoms with E-state index in [1.54, 1.807) is 11.9 Å². The molecule has 0 unspecified atom stereocenters. The average Bonchev–Trinajstić information content (AvgIpc) is 2.52. The van der Waals surface area contributed by atoms with Crippen LogP contribution in [0.15, 0.2) is 36.4 Å². The van der Waals surface area contributed by atoms with Gasteiger partial charge >= 0.3 is 0 Å². The van der Waals surface area contributed by atoms with Crippen molar-refractivity contribution in [1.29, 1.82) is 0 Å². The number of amides is 2. The Kier molecular flexibility index (Phi) is 6.46. The highest BCUT2D eigenvalue weighted by molar-refractivity contribution is 5.95. The summed E-state index contributed by atoms with van der Waals surface area (Å²) >= 11 is 0. The summed E-state index contributed by atoms with van der Waals surface area (Å²) in [6.45, 7) is 6.06. The van der Waals surface area contributed by atoms with Gasteiger partial charge in [-0.15, -0.1) is 0 Å². The standard InChI is InChI=1S/C20H24FN3O2/c1-13-9-14(2)20(15(3)10-13)23-19(26)12-24(4)11-18(25)22-17-7-5-16(21)6-8-17/h5-10H,11-12H2,1-4H3,(H,22,25)(H,23,26). The van der Waals surface area contributed by atoms with E-state index in [0.717, 1.165) is 22.4 Å². The lowest BCUT2D eigenvalue weighted by molar-refractivity contribution is -0.119. The van der Waals surface area contributed by atoms with Crippen molar-refractivity contribution in [3.05, 3.63) is 58.9 Å². The largest absolute Gasteiger partial charge is 0.325 e. The fourth-order valence-corrected chi connectivity index (χ4v) is 2.84. The van der Waals surface area contributed by atoms with Crippen LogP contribution in [0.2, 0.25) is 0 Å². The van der Waals surface area contributed by atoms with Crippen LogP contribution >= 0.6 is 0 Å². The van der Waals surface area contributed by atoms with E-state index in [1.165, 1.54) is 24.3 Å². The molecule has 0 radical (unpaired) electrons. The van der Waals surface area contributed by atoms with E-state index in [4.69, 9.17) is 0 Å². The topological polar surface area (TPSA) is 61.4 Å². The molecule has 2 N–H and O–H groups in total. The molecule has 2 rings (SSSR count). The summed E-state index contributed by atoms with van der Waals surface area (Å²) in [5, 5.41) is 5.58. The van der Waals surface area contributed by atoms with Crippen LogP contribution in [0.5, 0.6) is 0 Å². The number of carbonyl (C=O) groups excluding carboxylic acids is 2. The van der Waals surface area contributed by atoms with Gasteiger partial charge in [-0.2, -0.15) is 0 Å². The van der Waals surface area contributed by atoms with Gasteiger partial charge in [0.2, 0.25) is 11.8 Å². The molecule has 5 nitrogen and oxygen atoms in total. The van der Waals surface area contributed by atoms with Crippen molar-refractivity contribution in [1.82, 2.24) is 4.90 Å². The molecule has 0 saturated carbocycles. The van der Waals surface area contributed by atoms with Crippen molar-refractivity contribution in [2.45, 2.75) is 20.8 Å². The molecular weight excluding hydrogens is 333 g/mol. The molecule has 0 heterocycles. The average molecular weight is 357 g/mol. The van der Waals surface area contributed by atoms with Crippen LogP contribution in [0.4, 0.5) is 15.8 Å². The fraction of sp³-hybridized carbons (Fsp3) is 0.300. The Balaban J connectivity index is 1.87. The monoisotopic (exact) mass is 357 g/mol. The van der Waals surface area contributed by atoms with Gasteiger partial charge in [0, 0.05) is 11.4 Å². The van der Waals surface area contributed by atoms with Gasteiger partial charge in [-0.05, 0) is 63.2 Å². The van der Waals surface area contributed by atoms with Crippen molar-refractivity contribution < 1.29 is 14.0 Å². The lowest BCUT2D eigenvalue weighted by Crippen LogP contribution is -2.36. The molecule has 0 fully saturated rings. The Morgan fingerprint density at radius 3 is 1.96 bits per heavy atom. The predicted molar refractivity (Wildman–Crippen MR) is 102 cm³/mol. The highest BCUT2D eigenvalue weighted by Gasteiger charge is 2.13. The van der Waals surface area contributed by atoms with Crippen molar-refractivity contribution in [2.75, 3.05) is 30.8 Å². The summed E-state index contributed by atoms with van der Waals surface area (Å²) in [7, 11) is 1.69. The molecule has 0 bridgehead atoms. The molecule has 0 aliphatic carbocycles. The van der Waals surface area contributed by atoms with Crippen molar-refractivity contribution >= 4 is 23.2 Å². The van der Waals surface area contributed by atoms with E-state index in [2.05, 4.69) is 10.6 Å². The van der Waals surface area contributed by atoms with Crippen LogP contribution in [0.3, 0.4) is 0 Å². The first-order valence-corrected chi connectivity index (χ1v) is 8.36. The molecule has 0 aromatic heterocycles. The molecule has 0 aliphatic rings. The van der Waals surface area contributed by atoms with E-state index in [0.29, 0.717) is 5.69 Å². The number of rotatable bonds is 6. The number of halogens is 1. The molecule has 0 saturated heterocycles. The minimum atomic E-state index is -0.363. The van der Waals surface area contributed by atoms with Crippen molar-refractivity contribution in [2.24, 2.45) is 0 Å². The first kappa shape index (κ1) is 19.6. The number of hydrogen-bond acceptors (Lipinski definition) is 3. The maximum absolute atomic E-state index is 12.9. The number of benzene rings is 2. The molecule has 0 aliphatic heterocycles. The van der Waals surface area contributed by atoms with Gasteiger partial charge in [-0.3, -0.25) is 14.5 Å². The molecule has 138 valence electrons. The number of nitrogens with one attached hydrogen (secondary N) is 2. The summed E-state index contributed by atoms with van der Waals surface area (Å²) in [5.41, 5.74) is 4.48. The third-order valence-electron chi connectivity index (χ3n) is 3.90. The fourth-order valence-electron chi connectivity index (χ4n) is 2.84. The summed E-state index contributed by atoms with van der Waals surface area (Å²) in [6.07, 6.45) is 0. The maximum Gasteiger partial charge on any atom is 0.238 e. The minimum Gasteiger partial charge on any atom is -0.325 e. The Labute approximate surface area is 153 Å². The number of aryl methyl sites for hydroxylation is 3. The lowest BCUT2D eigenvalue weighted by atomic mass is 10.1. The van der Waals surface area contributed by atoms with E-state index in [-0.39, 0.29) is 30.7 Å². The quantitative estimate of drug-likeness (QED) is 0.834. The maximum atomic E-state index is 12.9. The number of nitrogens with zero attached hydrogens (tertiary/aromatic N) is 1. The van der Waals surface area contributed by atoms with Crippen LogP contribution in [0.25, 0.3) is 0 Å². The normalized spacial score (nSPS) is 10.7. The predicted octanol–water partition coefficient (Wildman–Crippen LogP) is 3.26. The van der Waals surface area contributed by atoms with E-state index < -0.39 is 0 Å². The van der Waals surface area contributed by atoms with Crippen LogP contribution in [0, 0.1) is 26.6 Å². The van der Waals surface area contributed by atoms with Gasteiger partial charge in [0.1, 0.15) is 5.82 Å². The van der Waals surface area contributed by atoms with Crippen LogP contribution in [0.1, 0.15) is 16.7 Å². The first-order valence-electron chi connectivity index (χ1n) is 8.36. The van der Waals surface area contributed by atoms with Crippen molar-refractivity contribution in [3.63, 3.8) is 0 Å². The third kappa shape index (κ3) is 5.67. The zero-order valence-electron chi connectivity index (χ0n) is 15.5. The Hall–Kier alpha value is -2.73.